The number of aryl methyl sites for hydroxylation is 1. The number of hydrogen-bond donors (Lipinski definition) is 0. The number of carbonyl (C=O) groups is 2. The normalized spacial score (nSPS) is 24.3. The van der Waals surface area contributed by atoms with Gasteiger partial charge in [0, 0.05) is 22.2 Å². The Hall–Kier alpha value is -1.69. The van der Waals surface area contributed by atoms with Crippen LogP contribution < -0.4 is 0 Å². The highest BCUT2D eigenvalue weighted by atomic mass is 35.5. The van der Waals surface area contributed by atoms with Gasteiger partial charge in [0.1, 0.15) is 5.69 Å². The molecule has 1 fully saturated rings. The maximum absolute atomic E-state index is 12.7. The van der Waals surface area contributed by atoms with Gasteiger partial charge < -0.3 is 0 Å². The van der Waals surface area contributed by atoms with Gasteiger partial charge >= 0.3 is 6.18 Å². The van der Waals surface area contributed by atoms with Gasteiger partial charge in [0.2, 0.25) is 0 Å². The van der Waals surface area contributed by atoms with Crippen molar-refractivity contribution < 1.29 is 22.8 Å². The largest absolute Gasteiger partial charge is 0.433 e. The second-order valence-corrected chi connectivity index (χ2v) is 6.36. The molecule has 122 valence electrons. The van der Waals surface area contributed by atoms with Gasteiger partial charge in [-0.15, -0.1) is 0 Å². The number of pyridine rings is 1. The first-order valence-corrected chi connectivity index (χ1v) is 7.61. The molecule has 0 spiro atoms. The summed E-state index contributed by atoms with van der Waals surface area (Å²) >= 11 is 6.21. The first-order valence-electron chi connectivity index (χ1n) is 7.23. The van der Waals surface area contributed by atoms with Crippen molar-refractivity contribution >= 4 is 23.2 Å². The van der Waals surface area contributed by atoms with E-state index >= 15 is 0 Å². The van der Waals surface area contributed by atoms with Crippen LogP contribution in [0.25, 0.3) is 0 Å². The number of Topliss-reactive ketones (excluding diaryl/α,β-unsaturated/α-hetero) is 2. The van der Waals surface area contributed by atoms with Crippen molar-refractivity contribution in [3.8, 4) is 0 Å². The Bertz CT molecular complexity index is 739. The third-order valence-electron chi connectivity index (χ3n) is 4.50. The van der Waals surface area contributed by atoms with Gasteiger partial charge in [0.15, 0.2) is 11.6 Å². The molecule has 1 heterocycles. The number of aromatic nitrogens is 1. The van der Waals surface area contributed by atoms with E-state index < -0.39 is 17.7 Å². The van der Waals surface area contributed by atoms with Gasteiger partial charge in [0.05, 0.1) is 5.57 Å². The molecule has 1 aromatic rings. The standard InChI is InChI=1S/C16H13ClF3NO2/c1-7-10(4-5-11(21-7)16(18,19)20)15(23)12-13(17)8-2-3-9(6-8)14(12)22/h4-5,8-9H,2-3,6H2,1H3/t8-,9+/m1/s1. The molecule has 2 atom stereocenters. The topological polar surface area (TPSA) is 47.0 Å². The summed E-state index contributed by atoms with van der Waals surface area (Å²) < 4.78 is 38.0. The summed E-state index contributed by atoms with van der Waals surface area (Å²) in [5, 5.41) is 0.244. The number of alkyl halides is 3. The summed E-state index contributed by atoms with van der Waals surface area (Å²) in [4.78, 5) is 28.5. The molecule has 2 aliphatic rings. The van der Waals surface area contributed by atoms with Crippen LogP contribution in [0.5, 0.6) is 0 Å². The molecule has 3 rings (SSSR count). The molecule has 7 heteroatoms. The molecule has 3 nitrogen and oxygen atoms in total. The third kappa shape index (κ3) is 2.69. The van der Waals surface area contributed by atoms with Crippen LogP contribution in [0, 0.1) is 18.8 Å². The van der Waals surface area contributed by atoms with Crippen molar-refractivity contribution in [1.82, 2.24) is 4.98 Å². The minimum absolute atomic E-state index is 0.000954. The summed E-state index contributed by atoms with van der Waals surface area (Å²) in [6, 6.07) is 1.81. The molecule has 1 saturated carbocycles. The molecule has 1 aromatic heterocycles. The Balaban J connectivity index is 2.01. The Kier molecular flexibility index (Phi) is 3.83. The predicted molar refractivity (Wildman–Crippen MR) is 77.0 cm³/mol. The average molecular weight is 344 g/mol. The zero-order valence-electron chi connectivity index (χ0n) is 12.2. The second-order valence-electron chi connectivity index (χ2n) is 5.95. The number of nitrogens with zero attached hydrogens (tertiary/aromatic N) is 1. The summed E-state index contributed by atoms with van der Waals surface area (Å²) in [7, 11) is 0. The number of hydrogen-bond acceptors (Lipinski definition) is 3. The number of rotatable bonds is 2. The maximum atomic E-state index is 12.7. The predicted octanol–water partition coefficient (Wildman–Crippen LogP) is 4.08. The van der Waals surface area contributed by atoms with Crippen LogP contribution in [0.3, 0.4) is 0 Å². The maximum Gasteiger partial charge on any atom is 0.433 e. The van der Waals surface area contributed by atoms with E-state index in [0.717, 1.165) is 18.6 Å². The number of allylic oxidation sites excluding steroid dienone is 2. The second kappa shape index (κ2) is 5.44. The van der Waals surface area contributed by atoms with Gasteiger partial charge in [-0.1, -0.05) is 11.6 Å². The molecule has 2 aliphatic carbocycles. The fourth-order valence-electron chi connectivity index (χ4n) is 3.29. The highest BCUT2D eigenvalue weighted by Gasteiger charge is 2.43. The molecule has 0 aromatic carbocycles. The van der Waals surface area contributed by atoms with E-state index in [1.54, 1.807) is 0 Å². The van der Waals surface area contributed by atoms with Crippen LogP contribution in [0.15, 0.2) is 22.7 Å². The minimum atomic E-state index is -4.58. The quantitative estimate of drug-likeness (QED) is 0.600. The fourth-order valence-corrected chi connectivity index (χ4v) is 3.67. The van der Waals surface area contributed by atoms with Gasteiger partial charge in [-0.2, -0.15) is 13.2 Å². The SMILES string of the molecule is Cc1nc(C(F)(F)F)ccc1C(=O)C1=C(Cl)[C@@H]2CC[C@@H](C2)C1=O. The fraction of sp³-hybridized carbons (Fsp3) is 0.438. The first kappa shape index (κ1) is 16.2. The van der Waals surface area contributed by atoms with Crippen LogP contribution in [0.2, 0.25) is 0 Å². The molecule has 0 unspecified atom stereocenters. The Morgan fingerprint density at radius 1 is 1.26 bits per heavy atom. The van der Waals surface area contributed by atoms with E-state index in [1.165, 1.54) is 6.92 Å². The first-order chi connectivity index (χ1) is 10.7. The van der Waals surface area contributed by atoms with Crippen LogP contribution in [-0.4, -0.2) is 16.6 Å². The number of fused-ring (bicyclic) bond motifs is 2. The van der Waals surface area contributed by atoms with Crippen molar-refractivity contribution in [2.24, 2.45) is 11.8 Å². The Morgan fingerprint density at radius 3 is 2.52 bits per heavy atom. The lowest BCUT2D eigenvalue weighted by Crippen LogP contribution is -2.26. The number of halogens is 4. The number of ketones is 2. The van der Waals surface area contributed by atoms with E-state index in [1.807, 2.05) is 0 Å². The zero-order chi connectivity index (χ0) is 16.9. The molecule has 0 amide bonds. The van der Waals surface area contributed by atoms with E-state index in [9.17, 15) is 22.8 Å². The summed E-state index contributed by atoms with van der Waals surface area (Å²) in [5.41, 5.74) is -1.22. The number of carbonyl (C=O) groups excluding carboxylic acids is 2. The van der Waals surface area contributed by atoms with Gasteiger partial charge in [-0.05, 0) is 44.2 Å². The van der Waals surface area contributed by atoms with E-state index in [0.29, 0.717) is 12.8 Å². The van der Waals surface area contributed by atoms with Gasteiger partial charge in [-0.3, -0.25) is 9.59 Å². The van der Waals surface area contributed by atoms with Crippen molar-refractivity contribution in [2.45, 2.75) is 32.4 Å². The highest BCUT2D eigenvalue weighted by Crippen LogP contribution is 2.45. The van der Waals surface area contributed by atoms with Crippen LogP contribution in [0.4, 0.5) is 13.2 Å². The average Bonchev–Trinajstić information content (AvgIpc) is 2.91. The molecule has 0 aliphatic heterocycles. The summed E-state index contributed by atoms with van der Waals surface area (Å²) in [6.07, 6.45) is -2.47. The third-order valence-corrected chi connectivity index (χ3v) is 4.99. The molecular formula is C16H13ClF3NO2. The molecule has 0 radical (unpaired) electrons. The minimum Gasteiger partial charge on any atom is -0.294 e. The van der Waals surface area contributed by atoms with E-state index in [-0.39, 0.29) is 39.5 Å². The van der Waals surface area contributed by atoms with Gasteiger partial charge in [0.25, 0.3) is 0 Å². The van der Waals surface area contributed by atoms with Crippen molar-refractivity contribution in [3.05, 3.63) is 39.7 Å². The monoisotopic (exact) mass is 343 g/mol. The molecular weight excluding hydrogens is 331 g/mol. The lowest BCUT2D eigenvalue weighted by molar-refractivity contribution is -0.141. The summed E-state index contributed by atoms with van der Waals surface area (Å²) in [5.74, 6) is -1.13. The Labute approximate surface area is 135 Å². The lowest BCUT2D eigenvalue weighted by Gasteiger charge is -2.21. The van der Waals surface area contributed by atoms with Crippen LogP contribution >= 0.6 is 11.6 Å². The van der Waals surface area contributed by atoms with Crippen molar-refractivity contribution in [2.75, 3.05) is 0 Å². The molecule has 2 bridgehead atoms. The van der Waals surface area contributed by atoms with Crippen LogP contribution in [0.1, 0.15) is 41.0 Å². The van der Waals surface area contributed by atoms with Gasteiger partial charge in [-0.25, -0.2) is 4.98 Å². The molecule has 0 N–H and O–H groups in total. The highest BCUT2D eigenvalue weighted by molar-refractivity contribution is 6.40. The smallest absolute Gasteiger partial charge is 0.294 e. The Morgan fingerprint density at radius 2 is 1.91 bits per heavy atom. The van der Waals surface area contributed by atoms with Crippen molar-refractivity contribution in [1.29, 1.82) is 0 Å². The molecule has 23 heavy (non-hydrogen) atoms. The van der Waals surface area contributed by atoms with E-state index in [2.05, 4.69) is 4.98 Å². The van der Waals surface area contributed by atoms with Crippen molar-refractivity contribution in [3.63, 3.8) is 0 Å². The molecule has 0 saturated heterocycles. The zero-order valence-corrected chi connectivity index (χ0v) is 13.0. The lowest BCUT2D eigenvalue weighted by atomic mass is 9.84. The summed E-state index contributed by atoms with van der Waals surface area (Å²) in [6.45, 7) is 1.32. The van der Waals surface area contributed by atoms with Crippen LogP contribution in [-0.2, 0) is 11.0 Å². The van der Waals surface area contributed by atoms with E-state index in [4.69, 9.17) is 11.6 Å².